The molecule has 3 N–H and O–H groups in total. The van der Waals surface area contributed by atoms with Crippen LogP contribution >= 0.6 is 0 Å². The van der Waals surface area contributed by atoms with Crippen LogP contribution in [0.3, 0.4) is 0 Å². The number of benzene rings is 1. The summed E-state index contributed by atoms with van der Waals surface area (Å²) < 4.78 is 0. The highest BCUT2D eigenvalue weighted by molar-refractivity contribution is 5.71. The van der Waals surface area contributed by atoms with Gasteiger partial charge in [0.05, 0.1) is 5.69 Å². The maximum atomic E-state index is 5.93. The van der Waals surface area contributed by atoms with Crippen molar-refractivity contribution in [3.63, 3.8) is 0 Å². The van der Waals surface area contributed by atoms with Crippen LogP contribution in [-0.4, -0.2) is 19.1 Å². The number of nitrogens with zero attached hydrogens (tertiary/aromatic N) is 2. The van der Waals surface area contributed by atoms with Crippen molar-refractivity contribution < 1.29 is 0 Å². The van der Waals surface area contributed by atoms with Gasteiger partial charge in [-0.3, -0.25) is 0 Å². The fourth-order valence-corrected chi connectivity index (χ4v) is 1.69. The van der Waals surface area contributed by atoms with E-state index in [1.807, 2.05) is 39.2 Å². The average Bonchev–Trinajstić information content (AvgIpc) is 2.33. The smallest absolute Gasteiger partial charge is 0.153 e. The van der Waals surface area contributed by atoms with Gasteiger partial charge in [0.1, 0.15) is 0 Å². The Bertz CT molecular complexity index is 549. The molecule has 0 saturated carbocycles. The lowest BCUT2D eigenvalue weighted by Crippen LogP contribution is -2.08. The highest BCUT2D eigenvalue weighted by Crippen LogP contribution is 2.24. The van der Waals surface area contributed by atoms with Crippen LogP contribution in [0.4, 0.5) is 22.9 Å². The van der Waals surface area contributed by atoms with Crippen LogP contribution in [0.5, 0.6) is 0 Å². The SMILES string of the molecule is Cc1cnc(Nc2cccc(N(C)C)c2)c(N)c1. The Morgan fingerprint density at radius 1 is 1.22 bits per heavy atom. The molecule has 4 heteroatoms. The van der Waals surface area contributed by atoms with Crippen molar-refractivity contribution in [3.8, 4) is 0 Å². The quantitative estimate of drug-likeness (QED) is 0.869. The molecule has 1 aromatic carbocycles. The molecule has 0 saturated heterocycles. The monoisotopic (exact) mass is 242 g/mol. The normalized spacial score (nSPS) is 10.2. The third-order valence-electron chi connectivity index (χ3n) is 2.68. The number of nitrogens with two attached hydrogens (primary N) is 1. The third-order valence-corrected chi connectivity index (χ3v) is 2.68. The first-order valence-corrected chi connectivity index (χ1v) is 5.83. The van der Waals surface area contributed by atoms with Crippen LogP contribution in [0.15, 0.2) is 36.5 Å². The van der Waals surface area contributed by atoms with Crippen LogP contribution in [-0.2, 0) is 0 Å². The summed E-state index contributed by atoms with van der Waals surface area (Å²) in [5.41, 5.74) is 9.75. The summed E-state index contributed by atoms with van der Waals surface area (Å²) in [6.07, 6.45) is 1.80. The minimum atomic E-state index is 0.658. The molecular formula is C14H18N4. The summed E-state index contributed by atoms with van der Waals surface area (Å²) in [5, 5.41) is 3.23. The Kier molecular flexibility index (Phi) is 3.37. The van der Waals surface area contributed by atoms with Gasteiger partial charge in [-0.1, -0.05) is 6.07 Å². The van der Waals surface area contributed by atoms with Gasteiger partial charge >= 0.3 is 0 Å². The Labute approximate surface area is 107 Å². The standard InChI is InChI=1S/C14H18N4/c1-10-7-13(15)14(16-9-10)17-11-5-4-6-12(8-11)18(2)3/h4-9H,15H2,1-3H3,(H,16,17). The minimum Gasteiger partial charge on any atom is -0.396 e. The maximum absolute atomic E-state index is 5.93. The van der Waals surface area contributed by atoms with E-state index in [4.69, 9.17) is 5.73 Å². The summed E-state index contributed by atoms with van der Waals surface area (Å²) in [7, 11) is 4.02. The van der Waals surface area contributed by atoms with Gasteiger partial charge in [0.25, 0.3) is 0 Å². The molecule has 4 nitrogen and oxygen atoms in total. The fourth-order valence-electron chi connectivity index (χ4n) is 1.69. The van der Waals surface area contributed by atoms with Crippen molar-refractivity contribution in [3.05, 3.63) is 42.1 Å². The molecule has 2 aromatic rings. The second kappa shape index (κ2) is 4.96. The summed E-state index contributed by atoms with van der Waals surface area (Å²) in [6, 6.07) is 10.0. The number of nitrogens with one attached hydrogen (secondary N) is 1. The molecule has 0 radical (unpaired) electrons. The number of pyridine rings is 1. The van der Waals surface area contributed by atoms with Gasteiger partial charge < -0.3 is 16.0 Å². The first kappa shape index (κ1) is 12.2. The largest absolute Gasteiger partial charge is 0.396 e. The van der Waals surface area contributed by atoms with E-state index in [2.05, 4.69) is 27.3 Å². The number of anilines is 4. The van der Waals surface area contributed by atoms with Crippen molar-refractivity contribution in [2.75, 3.05) is 30.0 Å². The molecule has 0 aliphatic carbocycles. The van der Waals surface area contributed by atoms with Crippen LogP contribution in [0.1, 0.15) is 5.56 Å². The summed E-state index contributed by atoms with van der Waals surface area (Å²) >= 11 is 0. The van der Waals surface area contributed by atoms with Crippen molar-refractivity contribution in [2.24, 2.45) is 0 Å². The zero-order valence-corrected chi connectivity index (χ0v) is 10.9. The Balaban J connectivity index is 2.25. The second-order valence-electron chi connectivity index (χ2n) is 4.52. The summed E-state index contributed by atoms with van der Waals surface area (Å²) in [4.78, 5) is 6.35. The highest BCUT2D eigenvalue weighted by atomic mass is 15.1. The molecule has 0 bridgehead atoms. The van der Waals surface area contributed by atoms with E-state index in [0.29, 0.717) is 11.5 Å². The van der Waals surface area contributed by atoms with Gasteiger partial charge in [-0.15, -0.1) is 0 Å². The molecule has 0 aliphatic rings. The molecule has 1 aromatic heterocycles. The van der Waals surface area contributed by atoms with Crippen LogP contribution in [0.2, 0.25) is 0 Å². The Morgan fingerprint density at radius 2 is 2.00 bits per heavy atom. The maximum Gasteiger partial charge on any atom is 0.153 e. The van der Waals surface area contributed by atoms with Gasteiger partial charge in [-0.2, -0.15) is 0 Å². The lowest BCUT2D eigenvalue weighted by atomic mass is 10.2. The number of rotatable bonds is 3. The van der Waals surface area contributed by atoms with E-state index in [-0.39, 0.29) is 0 Å². The molecule has 2 rings (SSSR count). The summed E-state index contributed by atoms with van der Waals surface area (Å²) in [5.74, 6) is 0.691. The van der Waals surface area contributed by atoms with Crippen LogP contribution < -0.4 is 16.0 Å². The molecule has 18 heavy (non-hydrogen) atoms. The predicted molar refractivity (Wildman–Crippen MR) is 77.4 cm³/mol. The number of aromatic nitrogens is 1. The minimum absolute atomic E-state index is 0.658. The lowest BCUT2D eigenvalue weighted by molar-refractivity contribution is 1.13. The predicted octanol–water partition coefficient (Wildman–Crippen LogP) is 2.78. The van der Waals surface area contributed by atoms with Crippen molar-refractivity contribution >= 4 is 22.9 Å². The van der Waals surface area contributed by atoms with Crippen molar-refractivity contribution in [2.45, 2.75) is 6.92 Å². The molecule has 0 spiro atoms. The van der Waals surface area contributed by atoms with Gasteiger partial charge in [0.2, 0.25) is 0 Å². The zero-order valence-electron chi connectivity index (χ0n) is 10.9. The van der Waals surface area contributed by atoms with E-state index in [0.717, 1.165) is 16.9 Å². The number of hydrogen-bond donors (Lipinski definition) is 2. The average molecular weight is 242 g/mol. The fraction of sp³-hybridized carbons (Fsp3) is 0.214. The number of nitrogen functional groups attached to an aromatic ring is 1. The van der Waals surface area contributed by atoms with Crippen LogP contribution in [0, 0.1) is 6.92 Å². The number of aryl methyl sites for hydroxylation is 1. The summed E-state index contributed by atoms with van der Waals surface area (Å²) in [6.45, 7) is 1.97. The lowest BCUT2D eigenvalue weighted by Gasteiger charge is -2.14. The van der Waals surface area contributed by atoms with Crippen molar-refractivity contribution in [1.29, 1.82) is 0 Å². The van der Waals surface area contributed by atoms with E-state index in [9.17, 15) is 0 Å². The van der Waals surface area contributed by atoms with Gasteiger partial charge in [0.15, 0.2) is 5.82 Å². The number of hydrogen-bond acceptors (Lipinski definition) is 4. The third kappa shape index (κ3) is 2.71. The van der Waals surface area contributed by atoms with Crippen LogP contribution in [0.25, 0.3) is 0 Å². The van der Waals surface area contributed by atoms with Gasteiger partial charge in [-0.05, 0) is 36.8 Å². The van der Waals surface area contributed by atoms with Gasteiger partial charge in [0, 0.05) is 31.7 Å². The Morgan fingerprint density at radius 3 is 2.67 bits per heavy atom. The van der Waals surface area contributed by atoms with E-state index >= 15 is 0 Å². The molecule has 94 valence electrons. The van der Waals surface area contributed by atoms with E-state index in [1.165, 1.54) is 0 Å². The molecule has 0 fully saturated rings. The van der Waals surface area contributed by atoms with Gasteiger partial charge in [-0.25, -0.2) is 4.98 Å². The zero-order chi connectivity index (χ0) is 13.1. The first-order valence-electron chi connectivity index (χ1n) is 5.83. The second-order valence-corrected chi connectivity index (χ2v) is 4.52. The topological polar surface area (TPSA) is 54.2 Å². The highest BCUT2D eigenvalue weighted by Gasteiger charge is 2.03. The molecule has 0 amide bonds. The van der Waals surface area contributed by atoms with Crippen molar-refractivity contribution in [1.82, 2.24) is 4.98 Å². The van der Waals surface area contributed by atoms with E-state index in [1.54, 1.807) is 6.20 Å². The molecule has 1 heterocycles. The Hall–Kier alpha value is -2.23. The molecule has 0 atom stereocenters. The molecular weight excluding hydrogens is 224 g/mol. The molecule has 0 aliphatic heterocycles. The van der Waals surface area contributed by atoms with E-state index < -0.39 is 0 Å². The first-order chi connectivity index (χ1) is 8.56. The molecule has 0 unspecified atom stereocenters.